The van der Waals surface area contributed by atoms with Crippen molar-refractivity contribution < 1.29 is 9.53 Å². The summed E-state index contributed by atoms with van der Waals surface area (Å²) in [6, 6.07) is 7.66. The number of amides is 1. The van der Waals surface area contributed by atoms with Crippen LogP contribution in [0.15, 0.2) is 36.4 Å². The number of ether oxygens (including phenoxy) is 1. The molecular weight excluding hydrogens is 214 g/mol. The summed E-state index contributed by atoms with van der Waals surface area (Å²) in [6.07, 6.45) is 4.84. The van der Waals surface area contributed by atoms with E-state index in [1.807, 2.05) is 50.3 Å². The minimum Gasteiger partial charge on any atom is -0.484 e. The van der Waals surface area contributed by atoms with E-state index in [1.54, 1.807) is 0 Å². The average Bonchev–Trinajstić information content (AvgIpc) is 2.32. The SMILES string of the molecule is C/C=C/CCNC(=O)COc1cccc(C)c1. The Morgan fingerprint density at radius 1 is 1.47 bits per heavy atom. The lowest BCUT2D eigenvalue weighted by Gasteiger charge is -2.07. The molecule has 92 valence electrons. The Hall–Kier alpha value is -1.77. The van der Waals surface area contributed by atoms with Crippen LogP contribution in [0, 0.1) is 6.92 Å². The molecule has 0 aromatic heterocycles. The largest absolute Gasteiger partial charge is 0.484 e. The van der Waals surface area contributed by atoms with Gasteiger partial charge in [-0.15, -0.1) is 0 Å². The molecule has 0 saturated heterocycles. The second-order valence-electron chi connectivity index (χ2n) is 3.81. The van der Waals surface area contributed by atoms with Crippen LogP contribution in [0.25, 0.3) is 0 Å². The van der Waals surface area contributed by atoms with Crippen molar-refractivity contribution in [2.75, 3.05) is 13.2 Å². The molecule has 3 heteroatoms. The Labute approximate surface area is 102 Å². The number of nitrogens with one attached hydrogen (secondary N) is 1. The minimum atomic E-state index is -0.0870. The van der Waals surface area contributed by atoms with Gasteiger partial charge in [-0.1, -0.05) is 24.3 Å². The Bertz CT molecular complexity index is 386. The van der Waals surface area contributed by atoms with Gasteiger partial charge >= 0.3 is 0 Å². The molecule has 0 atom stereocenters. The molecule has 0 heterocycles. The third-order valence-electron chi connectivity index (χ3n) is 2.23. The molecule has 0 aliphatic heterocycles. The zero-order chi connectivity index (χ0) is 12.5. The molecule has 1 aromatic rings. The molecule has 0 aliphatic carbocycles. The van der Waals surface area contributed by atoms with Gasteiger partial charge < -0.3 is 10.1 Å². The lowest BCUT2D eigenvalue weighted by molar-refractivity contribution is -0.123. The number of hydrogen-bond donors (Lipinski definition) is 1. The number of carbonyl (C=O) groups excluding carboxylic acids is 1. The van der Waals surface area contributed by atoms with E-state index in [1.165, 1.54) is 0 Å². The highest BCUT2D eigenvalue weighted by atomic mass is 16.5. The van der Waals surface area contributed by atoms with E-state index in [0.29, 0.717) is 6.54 Å². The van der Waals surface area contributed by atoms with Gasteiger partial charge in [-0.25, -0.2) is 0 Å². The van der Waals surface area contributed by atoms with E-state index in [4.69, 9.17) is 4.74 Å². The van der Waals surface area contributed by atoms with Crippen molar-refractivity contribution in [2.45, 2.75) is 20.3 Å². The fraction of sp³-hybridized carbons (Fsp3) is 0.357. The Kier molecular flexibility index (Phi) is 5.86. The first-order chi connectivity index (χ1) is 8.22. The average molecular weight is 233 g/mol. The van der Waals surface area contributed by atoms with E-state index in [-0.39, 0.29) is 12.5 Å². The van der Waals surface area contributed by atoms with Crippen LogP contribution in [0.5, 0.6) is 5.75 Å². The number of allylic oxidation sites excluding steroid dienone is 1. The molecule has 3 nitrogen and oxygen atoms in total. The van der Waals surface area contributed by atoms with E-state index in [2.05, 4.69) is 5.32 Å². The highest BCUT2D eigenvalue weighted by Crippen LogP contribution is 2.11. The molecule has 1 N–H and O–H groups in total. The van der Waals surface area contributed by atoms with E-state index in [9.17, 15) is 4.79 Å². The second kappa shape index (κ2) is 7.49. The van der Waals surface area contributed by atoms with Crippen LogP contribution >= 0.6 is 0 Å². The molecule has 0 bridgehead atoms. The van der Waals surface area contributed by atoms with Gasteiger partial charge in [0.1, 0.15) is 5.75 Å². The monoisotopic (exact) mass is 233 g/mol. The summed E-state index contributed by atoms with van der Waals surface area (Å²) in [5.41, 5.74) is 1.12. The number of carbonyl (C=O) groups is 1. The third kappa shape index (κ3) is 5.76. The maximum atomic E-state index is 11.4. The molecule has 0 unspecified atom stereocenters. The maximum absolute atomic E-state index is 11.4. The Morgan fingerprint density at radius 2 is 2.29 bits per heavy atom. The lowest BCUT2D eigenvalue weighted by atomic mass is 10.2. The van der Waals surface area contributed by atoms with Crippen molar-refractivity contribution in [1.29, 1.82) is 0 Å². The zero-order valence-electron chi connectivity index (χ0n) is 10.4. The summed E-state index contributed by atoms with van der Waals surface area (Å²) in [5.74, 6) is 0.643. The maximum Gasteiger partial charge on any atom is 0.257 e. The third-order valence-corrected chi connectivity index (χ3v) is 2.23. The molecule has 17 heavy (non-hydrogen) atoms. The van der Waals surface area contributed by atoms with E-state index >= 15 is 0 Å². The van der Waals surface area contributed by atoms with Gasteiger partial charge in [-0.2, -0.15) is 0 Å². The molecular formula is C14H19NO2. The molecule has 0 saturated carbocycles. The summed E-state index contributed by atoms with van der Waals surface area (Å²) in [6.45, 7) is 4.67. The van der Waals surface area contributed by atoms with Gasteiger partial charge in [0.05, 0.1) is 0 Å². The summed E-state index contributed by atoms with van der Waals surface area (Å²) in [4.78, 5) is 11.4. The first-order valence-corrected chi connectivity index (χ1v) is 5.79. The Balaban J connectivity index is 2.24. The number of rotatable bonds is 6. The highest BCUT2D eigenvalue weighted by molar-refractivity contribution is 5.77. The fourth-order valence-electron chi connectivity index (χ4n) is 1.37. The Morgan fingerprint density at radius 3 is 3.00 bits per heavy atom. The molecule has 0 aliphatic rings. The van der Waals surface area contributed by atoms with E-state index < -0.39 is 0 Å². The van der Waals surface area contributed by atoms with Gasteiger partial charge in [0.2, 0.25) is 0 Å². The smallest absolute Gasteiger partial charge is 0.257 e. The molecule has 1 rings (SSSR count). The van der Waals surface area contributed by atoms with Crippen LogP contribution in [0.3, 0.4) is 0 Å². The van der Waals surface area contributed by atoms with Crippen LogP contribution < -0.4 is 10.1 Å². The molecule has 1 amide bonds. The normalized spacial score (nSPS) is 10.5. The molecule has 1 aromatic carbocycles. The quantitative estimate of drug-likeness (QED) is 0.605. The minimum absolute atomic E-state index is 0.0687. The number of benzene rings is 1. The van der Waals surface area contributed by atoms with Gasteiger partial charge in [-0.05, 0) is 38.0 Å². The van der Waals surface area contributed by atoms with Crippen LogP contribution in [0.1, 0.15) is 18.9 Å². The lowest BCUT2D eigenvalue weighted by Crippen LogP contribution is -2.29. The predicted octanol–water partition coefficient (Wildman–Crippen LogP) is 2.46. The predicted molar refractivity (Wildman–Crippen MR) is 69.1 cm³/mol. The van der Waals surface area contributed by atoms with Gasteiger partial charge in [0.25, 0.3) is 5.91 Å². The van der Waals surface area contributed by atoms with Crippen molar-refractivity contribution in [3.05, 3.63) is 42.0 Å². The first-order valence-electron chi connectivity index (χ1n) is 5.79. The van der Waals surface area contributed by atoms with Gasteiger partial charge in [0, 0.05) is 6.54 Å². The molecule has 0 radical (unpaired) electrons. The summed E-state index contributed by atoms with van der Waals surface area (Å²) >= 11 is 0. The summed E-state index contributed by atoms with van der Waals surface area (Å²) in [5, 5.41) is 2.79. The standard InChI is InChI=1S/C14H19NO2/c1-3-4-5-9-15-14(16)11-17-13-8-6-7-12(2)10-13/h3-4,6-8,10H,5,9,11H2,1-2H3,(H,15,16)/b4-3+. The van der Waals surface area contributed by atoms with Gasteiger partial charge in [0.15, 0.2) is 6.61 Å². The van der Waals surface area contributed by atoms with Crippen LogP contribution in [-0.2, 0) is 4.79 Å². The molecule has 0 spiro atoms. The topological polar surface area (TPSA) is 38.3 Å². The van der Waals surface area contributed by atoms with Crippen molar-refractivity contribution in [1.82, 2.24) is 5.32 Å². The first kappa shape index (κ1) is 13.3. The van der Waals surface area contributed by atoms with Crippen molar-refractivity contribution in [3.8, 4) is 5.75 Å². The van der Waals surface area contributed by atoms with Crippen molar-refractivity contribution in [2.24, 2.45) is 0 Å². The number of aryl methyl sites for hydroxylation is 1. The fourth-order valence-corrected chi connectivity index (χ4v) is 1.37. The molecule has 0 fully saturated rings. The highest BCUT2D eigenvalue weighted by Gasteiger charge is 2.01. The van der Waals surface area contributed by atoms with Crippen LogP contribution in [-0.4, -0.2) is 19.1 Å². The van der Waals surface area contributed by atoms with Crippen LogP contribution in [0.2, 0.25) is 0 Å². The van der Waals surface area contributed by atoms with Crippen molar-refractivity contribution >= 4 is 5.91 Å². The van der Waals surface area contributed by atoms with Gasteiger partial charge in [-0.3, -0.25) is 4.79 Å². The van der Waals surface area contributed by atoms with Crippen LogP contribution in [0.4, 0.5) is 0 Å². The summed E-state index contributed by atoms with van der Waals surface area (Å²) < 4.78 is 5.38. The zero-order valence-corrected chi connectivity index (χ0v) is 10.4. The number of hydrogen-bond acceptors (Lipinski definition) is 2. The van der Waals surface area contributed by atoms with E-state index in [0.717, 1.165) is 17.7 Å². The van der Waals surface area contributed by atoms with Crippen molar-refractivity contribution in [3.63, 3.8) is 0 Å². The second-order valence-corrected chi connectivity index (χ2v) is 3.81. The summed E-state index contributed by atoms with van der Waals surface area (Å²) in [7, 11) is 0.